The third kappa shape index (κ3) is 3.69. The van der Waals surface area contributed by atoms with Crippen LogP contribution in [-0.4, -0.2) is 20.5 Å². The lowest BCUT2D eigenvalue weighted by atomic mass is 10.3. The van der Waals surface area contributed by atoms with Crippen molar-refractivity contribution >= 4 is 10.0 Å². The molecule has 0 spiro atoms. The number of hydrogen-bond donors (Lipinski definition) is 1. The summed E-state index contributed by atoms with van der Waals surface area (Å²) in [5, 5.41) is 5.01. The van der Waals surface area contributed by atoms with E-state index in [1.807, 2.05) is 6.07 Å². The van der Waals surface area contributed by atoms with Gasteiger partial charge < -0.3 is 9.47 Å². The van der Waals surface area contributed by atoms with Gasteiger partial charge in [0, 0.05) is 6.07 Å². The van der Waals surface area contributed by atoms with Gasteiger partial charge in [-0.05, 0) is 30.3 Å². The van der Waals surface area contributed by atoms with Gasteiger partial charge in [-0.1, -0.05) is 6.07 Å². The lowest BCUT2D eigenvalue weighted by Crippen LogP contribution is -2.11. The molecule has 0 unspecified atom stereocenters. The highest BCUT2D eigenvalue weighted by molar-refractivity contribution is 7.89. The van der Waals surface area contributed by atoms with E-state index >= 15 is 0 Å². The standard InChI is InChI=1S/C13H14N2O4S/c1-18-13-4-2-3-10(15-13)9-19-11-5-7-12(8-6-11)20(14,16)17/h2-8H,9H2,1H3,(H2,14,16,17). The van der Waals surface area contributed by atoms with Crippen LogP contribution in [-0.2, 0) is 16.6 Å². The van der Waals surface area contributed by atoms with E-state index in [1.165, 1.54) is 12.1 Å². The van der Waals surface area contributed by atoms with E-state index in [0.717, 1.165) is 0 Å². The van der Waals surface area contributed by atoms with Crippen molar-refractivity contribution in [3.8, 4) is 11.6 Å². The summed E-state index contributed by atoms with van der Waals surface area (Å²) in [4.78, 5) is 4.25. The van der Waals surface area contributed by atoms with Crippen molar-refractivity contribution in [2.75, 3.05) is 7.11 Å². The van der Waals surface area contributed by atoms with E-state index in [4.69, 9.17) is 14.6 Å². The number of sulfonamides is 1. The second-order valence-electron chi connectivity index (χ2n) is 3.98. The third-order valence-electron chi connectivity index (χ3n) is 2.53. The maximum absolute atomic E-state index is 11.1. The van der Waals surface area contributed by atoms with Crippen LogP contribution >= 0.6 is 0 Å². The highest BCUT2D eigenvalue weighted by Gasteiger charge is 2.07. The van der Waals surface area contributed by atoms with Crippen LogP contribution < -0.4 is 14.6 Å². The minimum atomic E-state index is -3.68. The summed E-state index contributed by atoms with van der Waals surface area (Å²) in [6, 6.07) is 11.2. The Hall–Kier alpha value is -2.12. The summed E-state index contributed by atoms with van der Waals surface area (Å²) >= 11 is 0. The van der Waals surface area contributed by atoms with Crippen LogP contribution in [0.25, 0.3) is 0 Å². The molecule has 1 aromatic carbocycles. The number of aromatic nitrogens is 1. The van der Waals surface area contributed by atoms with Crippen molar-refractivity contribution in [3.05, 3.63) is 48.2 Å². The van der Waals surface area contributed by atoms with Crippen molar-refractivity contribution in [1.29, 1.82) is 0 Å². The number of nitrogens with zero attached hydrogens (tertiary/aromatic N) is 1. The Morgan fingerprint density at radius 3 is 2.45 bits per heavy atom. The maximum Gasteiger partial charge on any atom is 0.238 e. The van der Waals surface area contributed by atoms with Crippen LogP contribution in [0.2, 0.25) is 0 Å². The molecule has 20 heavy (non-hydrogen) atoms. The molecular formula is C13H14N2O4S. The first-order valence-electron chi connectivity index (χ1n) is 5.74. The smallest absolute Gasteiger partial charge is 0.238 e. The van der Waals surface area contributed by atoms with Crippen LogP contribution in [0.15, 0.2) is 47.4 Å². The first-order chi connectivity index (χ1) is 9.49. The highest BCUT2D eigenvalue weighted by Crippen LogP contribution is 2.16. The predicted octanol–water partition coefficient (Wildman–Crippen LogP) is 1.32. The number of pyridine rings is 1. The van der Waals surface area contributed by atoms with E-state index in [1.54, 1.807) is 31.4 Å². The van der Waals surface area contributed by atoms with E-state index < -0.39 is 10.0 Å². The zero-order chi connectivity index (χ0) is 14.6. The molecule has 1 aromatic heterocycles. The van der Waals surface area contributed by atoms with Gasteiger partial charge in [0.05, 0.1) is 17.7 Å². The first-order valence-corrected chi connectivity index (χ1v) is 7.29. The topological polar surface area (TPSA) is 91.5 Å². The zero-order valence-electron chi connectivity index (χ0n) is 10.8. The minimum Gasteiger partial charge on any atom is -0.487 e. The minimum absolute atomic E-state index is 0.0457. The number of ether oxygens (including phenoxy) is 2. The van der Waals surface area contributed by atoms with E-state index in [9.17, 15) is 8.42 Å². The van der Waals surface area contributed by atoms with E-state index in [2.05, 4.69) is 4.98 Å². The van der Waals surface area contributed by atoms with Crippen LogP contribution in [0.3, 0.4) is 0 Å². The molecule has 0 aliphatic carbocycles. The Kier molecular flexibility index (Phi) is 4.21. The lowest BCUT2D eigenvalue weighted by Gasteiger charge is -2.07. The molecule has 0 saturated heterocycles. The number of nitrogens with two attached hydrogens (primary N) is 1. The number of primary sulfonamides is 1. The van der Waals surface area contributed by atoms with Crippen molar-refractivity contribution in [2.45, 2.75) is 11.5 Å². The molecule has 0 amide bonds. The molecule has 0 aliphatic rings. The predicted molar refractivity (Wildman–Crippen MR) is 72.9 cm³/mol. The number of methoxy groups -OCH3 is 1. The van der Waals surface area contributed by atoms with Gasteiger partial charge in [-0.2, -0.15) is 0 Å². The maximum atomic E-state index is 11.1. The Balaban J connectivity index is 2.04. The quantitative estimate of drug-likeness (QED) is 0.898. The fourth-order valence-electron chi connectivity index (χ4n) is 1.53. The Labute approximate surface area is 117 Å². The number of benzene rings is 1. The largest absolute Gasteiger partial charge is 0.487 e. The van der Waals surface area contributed by atoms with Crippen molar-refractivity contribution < 1.29 is 17.9 Å². The molecule has 2 aromatic rings. The van der Waals surface area contributed by atoms with Gasteiger partial charge in [-0.3, -0.25) is 0 Å². The molecular weight excluding hydrogens is 280 g/mol. The molecule has 0 fully saturated rings. The highest BCUT2D eigenvalue weighted by atomic mass is 32.2. The molecule has 2 N–H and O–H groups in total. The second-order valence-corrected chi connectivity index (χ2v) is 5.54. The average Bonchev–Trinajstić information content (AvgIpc) is 2.45. The summed E-state index contributed by atoms with van der Waals surface area (Å²) in [5.74, 6) is 1.04. The van der Waals surface area contributed by atoms with Crippen LogP contribution in [0.4, 0.5) is 0 Å². The second kappa shape index (κ2) is 5.89. The molecule has 6 nitrogen and oxygen atoms in total. The van der Waals surface area contributed by atoms with Crippen molar-refractivity contribution in [1.82, 2.24) is 4.98 Å². The summed E-state index contributed by atoms with van der Waals surface area (Å²) < 4.78 is 32.7. The normalized spacial score (nSPS) is 11.1. The van der Waals surface area contributed by atoms with Gasteiger partial charge in [0.1, 0.15) is 12.4 Å². The Morgan fingerprint density at radius 2 is 1.85 bits per heavy atom. The molecule has 0 atom stereocenters. The van der Waals surface area contributed by atoms with Crippen LogP contribution in [0, 0.1) is 0 Å². The molecule has 2 rings (SSSR count). The summed E-state index contributed by atoms with van der Waals surface area (Å²) in [6.45, 7) is 0.256. The summed E-state index contributed by atoms with van der Waals surface area (Å²) in [7, 11) is -2.14. The fourth-order valence-corrected chi connectivity index (χ4v) is 2.05. The first kappa shape index (κ1) is 14.3. The molecule has 7 heteroatoms. The third-order valence-corrected chi connectivity index (χ3v) is 3.46. The molecule has 1 heterocycles. The van der Waals surface area contributed by atoms with Gasteiger partial charge in [-0.15, -0.1) is 0 Å². The molecule has 0 saturated carbocycles. The molecule has 0 radical (unpaired) electrons. The van der Waals surface area contributed by atoms with Crippen molar-refractivity contribution in [2.24, 2.45) is 5.14 Å². The van der Waals surface area contributed by atoms with E-state index in [-0.39, 0.29) is 11.5 Å². The average molecular weight is 294 g/mol. The van der Waals surface area contributed by atoms with Gasteiger partial charge in [0.25, 0.3) is 0 Å². The molecule has 0 aliphatic heterocycles. The fraction of sp³-hybridized carbons (Fsp3) is 0.154. The van der Waals surface area contributed by atoms with Crippen LogP contribution in [0.5, 0.6) is 11.6 Å². The summed E-state index contributed by atoms with van der Waals surface area (Å²) in [5.41, 5.74) is 0.708. The number of rotatable bonds is 5. The van der Waals surface area contributed by atoms with Crippen LogP contribution in [0.1, 0.15) is 5.69 Å². The van der Waals surface area contributed by atoms with Gasteiger partial charge in [0.15, 0.2) is 0 Å². The van der Waals surface area contributed by atoms with Gasteiger partial charge in [0.2, 0.25) is 15.9 Å². The number of hydrogen-bond acceptors (Lipinski definition) is 5. The summed E-state index contributed by atoms with van der Waals surface area (Å²) in [6.07, 6.45) is 0. The molecule has 0 bridgehead atoms. The SMILES string of the molecule is COc1cccc(COc2ccc(S(N)(=O)=O)cc2)n1. The van der Waals surface area contributed by atoms with Gasteiger partial charge in [-0.25, -0.2) is 18.5 Å². The zero-order valence-corrected chi connectivity index (χ0v) is 11.6. The van der Waals surface area contributed by atoms with Gasteiger partial charge >= 0.3 is 0 Å². The van der Waals surface area contributed by atoms with Crippen molar-refractivity contribution in [3.63, 3.8) is 0 Å². The lowest BCUT2D eigenvalue weighted by molar-refractivity contribution is 0.298. The Bertz CT molecular complexity index is 684. The van der Waals surface area contributed by atoms with E-state index in [0.29, 0.717) is 17.3 Å². The monoisotopic (exact) mass is 294 g/mol. The molecule has 106 valence electrons. The Morgan fingerprint density at radius 1 is 1.15 bits per heavy atom.